The summed E-state index contributed by atoms with van der Waals surface area (Å²) in [6.45, 7) is 0.638. The lowest BCUT2D eigenvalue weighted by Crippen LogP contribution is -2.07. The molecule has 2 rings (SSSR count). The van der Waals surface area contributed by atoms with E-state index in [0.29, 0.717) is 22.6 Å². The van der Waals surface area contributed by atoms with Crippen LogP contribution in [0.4, 0.5) is 4.39 Å². The van der Waals surface area contributed by atoms with Crippen molar-refractivity contribution in [2.24, 2.45) is 0 Å². The van der Waals surface area contributed by atoms with E-state index in [-0.39, 0.29) is 5.82 Å². The fourth-order valence-corrected chi connectivity index (χ4v) is 1.83. The fourth-order valence-electron chi connectivity index (χ4n) is 1.39. The summed E-state index contributed by atoms with van der Waals surface area (Å²) in [6, 6.07) is 7.79. The second-order valence-electron chi connectivity index (χ2n) is 3.60. The lowest BCUT2D eigenvalue weighted by atomic mass is 10.3. The predicted octanol–water partition coefficient (Wildman–Crippen LogP) is 2.89. The summed E-state index contributed by atoms with van der Waals surface area (Å²) in [7, 11) is 1.83. The average molecular weight is 312 g/mol. The van der Waals surface area contributed by atoms with Gasteiger partial charge in [0.25, 0.3) is 0 Å². The molecule has 4 nitrogen and oxygen atoms in total. The van der Waals surface area contributed by atoms with Crippen LogP contribution in [0.1, 0.15) is 5.69 Å². The zero-order valence-corrected chi connectivity index (χ0v) is 11.2. The van der Waals surface area contributed by atoms with Gasteiger partial charge in [-0.15, -0.1) is 5.10 Å². The van der Waals surface area contributed by atoms with Crippen LogP contribution in [-0.2, 0) is 6.54 Å². The largest absolute Gasteiger partial charge is 0.437 e. The van der Waals surface area contributed by atoms with Gasteiger partial charge in [0.2, 0.25) is 5.88 Å². The summed E-state index contributed by atoms with van der Waals surface area (Å²) < 4.78 is 19.2. The maximum atomic E-state index is 13.1. The third-order valence-electron chi connectivity index (χ3n) is 2.11. The van der Waals surface area contributed by atoms with Gasteiger partial charge >= 0.3 is 0 Å². The molecule has 94 valence electrons. The highest BCUT2D eigenvalue weighted by Crippen LogP contribution is 2.24. The van der Waals surface area contributed by atoms with E-state index in [1.807, 2.05) is 7.05 Å². The van der Waals surface area contributed by atoms with E-state index in [4.69, 9.17) is 4.74 Å². The molecule has 2 aromatic rings. The zero-order valence-electron chi connectivity index (χ0n) is 9.65. The van der Waals surface area contributed by atoms with E-state index in [1.54, 1.807) is 18.2 Å². The van der Waals surface area contributed by atoms with Crippen molar-refractivity contribution < 1.29 is 9.13 Å². The van der Waals surface area contributed by atoms with Crippen LogP contribution in [0.2, 0.25) is 0 Å². The van der Waals surface area contributed by atoms with Crippen LogP contribution in [0, 0.1) is 5.82 Å². The van der Waals surface area contributed by atoms with Crippen molar-refractivity contribution in [1.29, 1.82) is 0 Å². The molecule has 1 heterocycles. The van der Waals surface area contributed by atoms with Crippen molar-refractivity contribution in [1.82, 2.24) is 15.5 Å². The molecule has 0 radical (unpaired) electrons. The molecule has 0 bridgehead atoms. The maximum absolute atomic E-state index is 13.1. The molecule has 0 aliphatic heterocycles. The highest BCUT2D eigenvalue weighted by molar-refractivity contribution is 9.10. The van der Waals surface area contributed by atoms with Crippen LogP contribution in [0.25, 0.3) is 0 Å². The minimum atomic E-state index is -0.376. The molecular weight excluding hydrogens is 301 g/mol. The van der Waals surface area contributed by atoms with Gasteiger partial charge in [-0.05, 0) is 25.2 Å². The molecule has 0 saturated carbocycles. The van der Waals surface area contributed by atoms with Crippen LogP contribution >= 0.6 is 15.9 Å². The number of ether oxygens (including phenoxy) is 1. The van der Waals surface area contributed by atoms with Gasteiger partial charge in [-0.1, -0.05) is 15.9 Å². The molecular formula is C12H11BrFN3O. The Kier molecular flexibility index (Phi) is 4.22. The van der Waals surface area contributed by atoms with Crippen LogP contribution in [0.5, 0.6) is 11.6 Å². The molecule has 0 amide bonds. The van der Waals surface area contributed by atoms with Gasteiger partial charge in [-0.3, -0.25) is 0 Å². The normalized spacial score (nSPS) is 10.4. The molecule has 6 heteroatoms. The average Bonchev–Trinajstić information content (AvgIpc) is 2.31. The first-order valence-electron chi connectivity index (χ1n) is 5.28. The van der Waals surface area contributed by atoms with Gasteiger partial charge in [0.05, 0.1) is 5.69 Å². The summed E-state index contributed by atoms with van der Waals surface area (Å²) in [5, 5.41) is 10.8. The topological polar surface area (TPSA) is 47.0 Å². The molecule has 1 N–H and O–H groups in total. The minimum Gasteiger partial charge on any atom is -0.437 e. The second-order valence-corrected chi connectivity index (χ2v) is 4.52. The van der Waals surface area contributed by atoms with Crippen molar-refractivity contribution in [3.8, 4) is 11.6 Å². The van der Waals surface area contributed by atoms with E-state index in [2.05, 4.69) is 31.4 Å². The zero-order chi connectivity index (χ0) is 13.0. The lowest BCUT2D eigenvalue weighted by Gasteiger charge is -2.05. The molecule has 0 aliphatic carbocycles. The van der Waals surface area contributed by atoms with E-state index in [1.165, 1.54) is 12.1 Å². The van der Waals surface area contributed by atoms with Crippen molar-refractivity contribution in [3.63, 3.8) is 0 Å². The van der Waals surface area contributed by atoms with Crippen LogP contribution in [0.3, 0.4) is 0 Å². The van der Waals surface area contributed by atoms with Gasteiger partial charge in [-0.2, -0.15) is 5.10 Å². The third-order valence-corrected chi connectivity index (χ3v) is 2.57. The van der Waals surface area contributed by atoms with E-state index in [0.717, 1.165) is 5.69 Å². The van der Waals surface area contributed by atoms with Crippen LogP contribution in [-0.4, -0.2) is 17.2 Å². The molecule has 1 aromatic carbocycles. The number of hydrogen-bond donors (Lipinski definition) is 1. The first-order valence-corrected chi connectivity index (χ1v) is 6.08. The van der Waals surface area contributed by atoms with Crippen molar-refractivity contribution in [3.05, 3.63) is 46.3 Å². The number of nitrogens with zero attached hydrogens (tertiary/aromatic N) is 2. The Morgan fingerprint density at radius 2 is 2.11 bits per heavy atom. The number of halogens is 2. The molecule has 1 aromatic heterocycles. The van der Waals surface area contributed by atoms with Crippen LogP contribution < -0.4 is 10.1 Å². The third kappa shape index (κ3) is 3.48. The summed E-state index contributed by atoms with van der Waals surface area (Å²) >= 11 is 3.19. The lowest BCUT2D eigenvalue weighted by molar-refractivity contribution is 0.448. The van der Waals surface area contributed by atoms with Crippen molar-refractivity contribution >= 4 is 15.9 Å². The van der Waals surface area contributed by atoms with Gasteiger partial charge in [0.1, 0.15) is 11.6 Å². The Labute approximate surface area is 112 Å². The number of benzene rings is 1. The molecule has 18 heavy (non-hydrogen) atoms. The predicted molar refractivity (Wildman–Crippen MR) is 69.0 cm³/mol. The number of hydrogen-bond acceptors (Lipinski definition) is 4. The minimum absolute atomic E-state index is 0.326. The SMILES string of the molecule is CNCc1ccc(Oc2cc(F)cc(Br)c2)nn1. The number of nitrogens with one attached hydrogen (secondary N) is 1. The summed E-state index contributed by atoms with van der Waals surface area (Å²) in [5.74, 6) is 0.323. The Morgan fingerprint density at radius 3 is 2.72 bits per heavy atom. The maximum Gasteiger partial charge on any atom is 0.238 e. The first-order chi connectivity index (χ1) is 8.67. The van der Waals surface area contributed by atoms with Crippen LogP contribution in [0.15, 0.2) is 34.8 Å². The van der Waals surface area contributed by atoms with Crippen molar-refractivity contribution in [2.75, 3.05) is 7.05 Å². The van der Waals surface area contributed by atoms with E-state index < -0.39 is 0 Å². The van der Waals surface area contributed by atoms with Gasteiger partial charge in [-0.25, -0.2) is 4.39 Å². The Bertz CT molecular complexity index is 513. The molecule has 0 aliphatic rings. The first kappa shape index (κ1) is 12.9. The monoisotopic (exact) mass is 311 g/mol. The quantitative estimate of drug-likeness (QED) is 0.943. The Hall–Kier alpha value is -1.53. The second kappa shape index (κ2) is 5.88. The molecule has 0 spiro atoms. The summed E-state index contributed by atoms with van der Waals surface area (Å²) in [5.41, 5.74) is 0.810. The van der Waals surface area contributed by atoms with Crippen molar-refractivity contribution in [2.45, 2.75) is 6.54 Å². The standard InChI is InChI=1S/C12H11BrFN3O/c1-15-7-10-2-3-12(17-16-10)18-11-5-8(13)4-9(14)6-11/h2-6,15H,7H2,1H3. The molecule has 0 saturated heterocycles. The molecule has 0 unspecified atom stereocenters. The summed E-state index contributed by atoms with van der Waals surface area (Å²) in [6.07, 6.45) is 0. The Morgan fingerprint density at radius 1 is 1.28 bits per heavy atom. The van der Waals surface area contributed by atoms with Gasteiger partial charge in [0, 0.05) is 23.2 Å². The van der Waals surface area contributed by atoms with Gasteiger partial charge < -0.3 is 10.1 Å². The summed E-state index contributed by atoms with van der Waals surface area (Å²) in [4.78, 5) is 0. The number of aromatic nitrogens is 2. The molecule has 0 fully saturated rings. The Balaban J connectivity index is 2.13. The molecule has 0 atom stereocenters. The fraction of sp³-hybridized carbons (Fsp3) is 0.167. The number of rotatable bonds is 4. The van der Waals surface area contributed by atoms with E-state index >= 15 is 0 Å². The van der Waals surface area contributed by atoms with Gasteiger partial charge in [0.15, 0.2) is 0 Å². The smallest absolute Gasteiger partial charge is 0.238 e. The highest BCUT2D eigenvalue weighted by atomic mass is 79.9. The highest BCUT2D eigenvalue weighted by Gasteiger charge is 2.03. The van der Waals surface area contributed by atoms with E-state index in [9.17, 15) is 4.39 Å².